The lowest BCUT2D eigenvalue weighted by Crippen LogP contribution is -2.43. The predicted octanol–water partition coefficient (Wildman–Crippen LogP) is 3.18. The Labute approximate surface area is 211 Å². The second-order valence-corrected chi connectivity index (χ2v) is 8.88. The minimum absolute atomic E-state index is 0.164. The maximum atomic E-state index is 13.6. The van der Waals surface area contributed by atoms with Crippen LogP contribution in [-0.4, -0.2) is 80.9 Å². The van der Waals surface area contributed by atoms with E-state index in [4.69, 9.17) is 23.9 Å². The van der Waals surface area contributed by atoms with Gasteiger partial charge in [0.25, 0.3) is 5.91 Å². The molecule has 1 amide bonds. The van der Waals surface area contributed by atoms with Crippen molar-refractivity contribution in [2.75, 3.05) is 59.0 Å². The highest BCUT2D eigenvalue weighted by atomic mass is 16.5. The van der Waals surface area contributed by atoms with Gasteiger partial charge >= 0.3 is 5.97 Å². The molecule has 2 aromatic rings. The van der Waals surface area contributed by atoms with Crippen molar-refractivity contribution in [3.8, 4) is 28.6 Å². The van der Waals surface area contributed by atoms with Crippen LogP contribution in [0, 0.1) is 5.92 Å². The average molecular weight is 499 g/mol. The van der Waals surface area contributed by atoms with Crippen molar-refractivity contribution >= 4 is 17.7 Å². The molecule has 1 unspecified atom stereocenters. The smallest absolute Gasteiger partial charge is 0.310 e. The Morgan fingerprint density at radius 1 is 1.00 bits per heavy atom. The number of methoxy groups -OCH3 is 3. The molecule has 0 N–H and O–H groups in total. The van der Waals surface area contributed by atoms with Crippen LogP contribution in [0.3, 0.4) is 0 Å². The highest BCUT2D eigenvalue weighted by molar-refractivity contribution is 5.99. The van der Waals surface area contributed by atoms with Crippen LogP contribution in [0.15, 0.2) is 18.3 Å². The molecule has 1 atom stereocenters. The number of nitrogens with zero attached hydrogens (tertiary/aromatic N) is 4. The number of carbonyl (C=O) groups is 2. The van der Waals surface area contributed by atoms with Crippen molar-refractivity contribution in [1.82, 2.24) is 14.9 Å². The zero-order valence-corrected chi connectivity index (χ0v) is 21.4. The standard InChI is InChI=1S/C26H34N4O6/c1-5-36-26(32)17-9-8-12-30(16-17)25(31)19-15-27-23(28-24(19)29-10-6-7-11-29)18-13-20(33-2)22(35-4)21(14-18)34-3/h13-15,17H,5-12,16H2,1-4H3. The number of amides is 1. The fourth-order valence-corrected chi connectivity index (χ4v) is 4.83. The van der Waals surface area contributed by atoms with Gasteiger partial charge < -0.3 is 28.7 Å². The lowest BCUT2D eigenvalue weighted by molar-refractivity contribution is -0.149. The van der Waals surface area contributed by atoms with Gasteiger partial charge in [0.05, 0.1) is 33.9 Å². The average Bonchev–Trinajstić information content (AvgIpc) is 3.46. The van der Waals surface area contributed by atoms with Gasteiger partial charge in [-0.3, -0.25) is 9.59 Å². The summed E-state index contributed by atoms with van der Waals surface area (Å²) in [7, 11) is 4.67. The Hall–Kier alpha value is -3.56. The van der Waals surface area contributed by atoms with E-state index in [1.807, 2.05) is 0 Å². The SMILES string of the molecule is CCOC(=O)C1CCCN(C(=O)c2cnc(-c3cc(OC)c(OC)c(OC)c3)nc2N2CCCC2)C1. The summed E-state index contributed by atoms with van der Waals surface area (Å²) >= 11 is 0. The summed E-state index contributed by atoms with van der Waals surface area (Å²) in [5, 5.41) is 0. The molecule has 0 saturated carbocycles. The van der Waals surface area contributed by atoms with Crippen molar-refractivity contribution in [1.29, 1.82) is 0 Å². The normalized spacial score (nSPS) is 17.6. The Morgan fingerprint density at radius 3 is 2.31 bits per heavy atom. The predicted molar refractivity (Wildman–Crippen MR) is 134 cm³/mol. The number of hydrogen-bond acceptors (Lipinski definition) is 9. The molecular formula is C26H34N4O6. The molecule has 0 radical (unpaired) electrons. The first-order chi connectivity index (χ1) is 17.5. The molecule has 194 valence electrons. The van der Waals surface area contributed by atoms with Gasteiger partial charge in [0.15, 0.2) is 17.3 Å². The van der Waals surface area contributed by atoms with Crippen LogP contribution in [0.5, 0.6) is 17.2 Å². The third kappa shape index (κ3) is 5.17. The Morgan fingerprint density at radius 2 is 1.69 bits per heavy atom. The van der Waals surface area contributed by atoms with Crippen LogP contribution in [0.1, 0.15) is 43.0 Å². The van der Waals surface area contributed by atoms with E-state index >= 15 is 0 Å². The summed E-state index contributed by atoms with van der Waals surface area (Å²) in [6, 6.07) is 3.58. The topological polar surface area (TPSA) is 103 Å². The van der Waals surface area contributed by atoms with Crippen LogP contribution in [0.25, 0.3) is 11.4 Å². The third-order valence-corrected chi connectivity index (χ3v) is 6.66. The number of esters is 1. The maximum absolute atomic E-state index is 13.6. The van der Waals surface area contributed by atoms with Crippen molar-refractivity contribution in [3.05, 3.63) is 23.9 Å². The number of anilines is 1. The number of likely N-dealkylation sites (tertiary alicyclic amines) is 1. The fraction of sp³-hybridized carbons (Fsp3) is 0.538. The van der Waals surface area contributed by atoms with Crippen molar-refractivity contribution in [3.63, 3.8) is 0 Å². The summed E-state index contributed by atoms with van der Waals surface area (Å²) < 4.78 is 21.6. The Bertz CT molecular complexity index is 1080. The number of benzene rings is 1. The Kier molecular flexibility index (Phi) is 8.12. The monoisotopic (exact) mass is 498 g/mol. The highest BCUT2D eigenvalue weighted by Gasteiger charge is 2.32. The molecule has 2 aliphatic heterocycles. The molecule has 2 saturated heterocycles. The van der Waals surface area contributed by atoms with Crippen LogP contribution >= 0.6 is 0 Å². The molecular weight excluding hydrogens is 464 g/mol. The quantitative estimate of drug-likeness (QED) is 0.508. The molecule has 1 aromatic carbocycles. The molecule has 10 heteroatoms. The largest absolute Gasteiger partial charge is 0.493 e. The molecule has 3 heterocycles. The number of carbonyl (C=O) groups excluding carboxylic acids is 2. The number of aromatic nitrogens is 2. The summed E-state index contributed by atoms with van der Waals surface area (Å²) in [6.45, 7) is 4.68. The van der Waals surface area contributed by atoms with Gasteiger partial charge in [-0.1, -0.05) is 0 Å². The minimum atomic E-state index is -0.308. The first kappa shape index (κ1) is 25.5. The fourth-order valence-electron chi connectivity index (χ4n) is 4.83. The van der Waals surface area contributed by atoms with Crippen molar-refractivity contribution < 1.29 is 28.5 Å². The van der Waals surface area contributed by atoms with E-state index in [0.29, 0.717) is 59.7 Å². The second kappa shape index (κ2) is 11.5. The summed E-state index contributed by atoms with van der Waals surface area (Å²) in [4.78, 5) is 39.2. The van der Waals surface area contributed by atoms with Gasteiger partial charge in [-0.15, -0.1) is 0 Å². The zero-order chi connectivity index (χ0) is 25.7. The molecule has 0 bridgehead atoms. The zero-order valence-electron chi connectivity index (χ0n) is 21.4. The molecule has 0 aliphatic carbocycles. The number of ether oxygens (including phenoxy) is 4. The van der Waals surface area contributed by atoms with Crippen molar-refractivity contribution in [2.45, 2.75) is 32.6 Å². The van der Waals surface area contributed by atoms with E-state index in [-0.39, 0.29) is 17.8 Å². The van der Waals surface area contributed by atoms with Gasteiger partial charge in [-0.05, 0) is 44.7 Å². The van der Waals surface area contributed by atoms with E-state index < -0.39 is 0 Å². The molecule has 10 nitrogen and oxygen atoms in total. The van der Waals surface area contributed by atoms with E-state index in [1.54, 1.807) is 51.5 Å². The second-order valence-electron chi connectivity index (χ2n) is 8.88. The first-order valence-corrected chi connectivity index (χ1v) is 12.4. The number of piperidine rings is 1. The molecule has 2 aliphatic rings. The van der Waals surface area contributed by atoms with E-state index in [9.17, 15) is 9.59 Å². The van der Waals surface area contributed by atoms with Crippen LogP contribution < -0.4 is 19.1 Å². The molecule has 4 rings (SSSR count). The summed E-state index contributed by atoms with van der Waals surface area (Å²) in [5.74, 6) is 1.82. The van der Waals surface area contributed by atoms with E-state index in [1.165, 1.54) is 0 Å². The lowest BCUT2D eigenvalue weighted by atomic mass is 9.97. The molecule has 2 fully saturated rings. The van der Waals surface area contributed by atoms with Crippen LogP contribution in [0.2, 0.25) is 0 Å². The molecule has 36 heavy (non-hydrogen) atoms. The summed E-state index contributed by atoms with van der Waals surface area (Å²) in [6.07, 6.45) is 5.13. The minimum Gasteiger partial charge on any atom is -0.493 e. The van der Waals surface area contributed by atoms with Crippen LogP contribution in [-0.2, 0) is 9.53 Å². The number of hydrogen-bond donors (Lipinski definition) is 0. The highest BCUT2D eigenvalue weighted by Crippen LogP contribution is 2.41. The van der Waals surface area contributed by atoms with E-state index in [2.05, 4.69) is 9.88 Å². The first-order valence-electron chi connectivity index (χ1n) is 12.4. The lowest BCUT2D eigenvalue weighted by Gasteiger charge is -2.32. The third-order valence-electron chi connectivity index (χ3n) is 6.66. The van der Waals surface area contributed by atoms with Gasteiger partial charge in [-0.25, -0.2) is 9.97 Å². The molecule has 1 aromatic heterocycles. The van der Waals surface area contributed by atoms with Gasteiger partial charge in [0.2, 0.25) is 5.75 Å². The van der Waals surface area contributed by atoms with Crippen LogP contribution in [0.4, 0.5) is 5.82 Å². The Balaban J connectivity index is 1.69. The van der Waals surface area contributed by atoms with Gasteiger partial charge in [-0.2, -0.15) is 0 Å². The van der Waals surface area contributed by atoms with Crippen molar-refractivity contribution in [2.24, 2.45) is 5.92 Å². The molecule has 0 spiro atoms. The maximum Gasteiger partial charge on any atom is 0.310 e. The van der Waals surface area contributed by atoms with E-state index in [0.717, 1.165) is 38.8 Å². The van der Waals surface area contributed by atoms with Gasteiger partial charge in [0, 0.05) is 37.9 Å². The summed E-state index contributed by atoms with van der Waals surface area (Å²) in [5.41, 5.74) is 1.13. The number of rotatable bonds is 8. The van der Waals surface area contributed by atoms with Gasteiger partial charge in [0.1, 0.15) is 11.4 Å².